The lowest BCUT2D eigenvalue weighted by Gasteiger charge is -2.40. The highest BCUT2D eigenvalue weighted by Crippen LogP contribution is 2.37. The van der Waals surface area contributed by atoms with E-state index < -0.39 is 23.2 Å². The van der Waals surface area contributed by atoms with Crippen molar-refractivity contribution in [2.24, 2.45) is 5.41 Å². The number of aliphatic hydroxyl groups excluding tert-OH is 1. The van der Waals surface area contributed by atoms with Crippen LogP contribution < -0.4 is 5.32 Å². The Labute approximate surface area is 113 Å². The second-order valence-electron chi connectivity index (χ2n) is 6.39. The molecular weight excluding hydrogens is 248 g/mol. The number of nitrogens with zero attached hydrogens (tertiary/aromatic N) is 1. The first-order valence-corrected chi connectivity index (χ1v) is 6.69. The van der Waals surface area contributed by atoms with E-state index in [0.29, 0.717) is 19.4 Å². The zero-order chi connectivity index (χ0) is 14.3. The maximum atomic E-state index is 12.1. The van der Waals surface area contributed by atoms with Crippen LogP contribution in [0.15, 0.2) is 0 Å². The van der Waals surface area contributed by atoms with Crippen LogP contribution in [-0.4, -0.2) is 53.3 Å². The number of carbonyl (C=O) groups excluding carboxylic acids is 2. The van der Waals surface area contributed by atoms with Crippen LogP contribution in [-0.2, 0) is 9.53 Å². The van der Waals surface area contributed by atoms with Gasteiger partial charge < -0.3 is 20.1 Å². The topological polar surface area (TPSA) is 78.9 Å². The molecule has 0 radical (unpaired) electrons. The summed E-state index contributed by atoms with van der Waals surface area (Å²) < 4.78 is 5.32. The van der Waals surface area contributed by atoms with Crippen LogP contribution in [0.25, 0.3) is 0 Å². The molecule has 2 atom stereocenters. The largest absolute Gasteiger partial charge is 0.444 e. The monoisotopic (exact) mass is 270 g/mol. The molecular formula is C13H22N2O4. The fourth-order valence-electron chi connectivity index (χ4n) is 2.74. The molecule has 2 amide bonds. The van der Waals surface area contributed by atoms with E-state index in [4.69, 9.17) is 4.74 Å². The van der Waals surface area contributed by atoms with Crippen LogP contribution in [0.3, 0.4) is 0 Å². The highest BCUT2D eigenvalue weighted by Gasteiger charge is 2.52. The molecule has 2 fully saturated rings. The molecule has 108 valence electrons. The maximum absolute atomic E-state index is 12.1. The average Bonchev–Trinajstić information content (AvgIpc) is 2.56. The number of carbonyl (C=O) groups is 2. The van der Waals surface area contributed by atoms with E-state index >= 15 is 0 Å². The number of ether oxygens (including phenoxy) is 1. The van der Waals surface area contributed by atoms with Crippen LogP contribution in [0.1, 0.15) is 33.6 Å². The number of amides is 2. The standard InChI is InChI=1S/C13H22N2O4/c1-12(2,3)19-11(18)15-6-4-5-13(8-15)9(16)7-14-10(13)17/h9,16H,4-8H2,1-3H3,(H,14,17). The van der Waals surface area contributed by atoms with Gasteiger partial charge in [0.15, 0.2) is 0 Å². The van der Waals surface area contributed by atoms with Crippen LogP contribution in [0.5, 0.6) is 0 Å². The Morgan fingerprint density at radius 3 is 2.74 bits per heavy atom. The third-order valence-corrected chi connectivity index (χ3v) is 3.72. The maximum Gasteiger partial charge on any atom is 0.410 e. The molecule has 6 heteroatoms. The van der Waals surface area contributed by atoms with Crippen molar-refractivity contribution in [3.63, 3.8) is 0 Å². The molecule has 2 saturated heterocycles. The van der Waals surface area contributed by atoms with Gasteiger partial charge in [0, 0.05) is 19.6 Å². The van der Waals surface area contributed by atoms with Gasteiger partial charge in [0.1, 0.15) is 5.60 Å². The predicted octanol–water partition coefficient (Wildman–Crippen LogP) is 0.494. The van der Waals surface area contributed by atoms with Gasteiger partial charge in [0.2, 0.25) is 5.91 Å². The molecule has 0 aromatic rings. The van der Waals surface area contributed by atoms with Gasteiger partial charge in [-0.05, 0) is 33.6 Å². The molecule has 2 N–H and O–H groups in total. The summed E-state index contributed by atoms with van der Waals surface area (Å²) in [6, 6.07) is 0. The molecule has 2 aliphatic rings. The Balaban J connectivity index is 2.09. The number of β-amino-alcohol motifs (C(OH)–C–C–N with tert-alkyl or cyclic N) is 1. The summed E-state index contributed by atoms with van der Waals surface area (Å²) in [5.41, 5.74) is -1.41. The van der Waals surface area contributed by atoms with Gasteiger partial charge in [-0.25, -0.2) is 4.79 Å². The molecule has 2 rings (SSSR count). The average molecular weight is 270 g/mol. The Morgan fingerprint density at radius 2 is 2.21 bits per heavy atom. The molecule has 2 unspecified atom stereocenters. The molecule has 2 heterocycles. The number of likely N-dealkylation sites (tertiary alicyclic amines) is 1. The van der Waals surface area contributed by atoms with Gasteiger partial charge in [0.05, 0.1) is 11.5 Å². The van der Waals surface area contributed by atoms with E-state index in [0.717, 1.165) is 0 Å². The summed E-state index contributed by atoms with van der Waals surface area (Å²) in [6.07, 6.45) is 0.159. The number of aliphatic hydroxyl groups is 1. The van der Waals surface area contributed by atoms with Gasteiger partial charge in [-0.1, -0.05) is 0 Å². The molecule has 0 aromatic carbocycles. The van der Waals surface area contributed by atoms with Crippen LogP contribution in [0.2, 0.25) is 0 Å². The summed E-state index contributed by atoms with van der Waals surface area (Å²) >= 11 is 0. The van der Waals surface area contributed by atoms with Crippen molar-refractivity contribution in [2.45, 2.75) is 45.3 Å². The lowest BCUT2D eigenvalue weighted by molar-refractivity contribution is -0.134. The molecule has 6 nitrogen and oxygen atoms in total. The molecule has 0 aromatic heterocycles. The van der Waals surface area contributed by atoms with Crippen molar-refractivity contribution in [1.29, 1.82) is 0 Å². The van der Waals surface area contributed by atoms with Crippen molar-refractivity contribution in [3.8, 4) is 0 Å². The number of hydrogen-bond donors (Lipinski definition) is 2. The summed E-state index contributed by atoms with van der Waals surface area (Å²) in [4.78, 5) is 25.6. The second-order valence-corrected chi connectivity index (χ2v) is 6.39. The van der Waals surface area contributed by atoms with E-state index in [1.54, 1.807) is 0 Å². The third kappa shape index (κ3) is 2.68. The highest BCUT2D eigenvalue weighted by molar-refractivity contribution is 5.86. The van der Waals surface area contributed by atoms with Crippen LogP contribution >= 0.6 is 0 Å². The Hall–Kier alpha value is -1.30. The first kappa shape index (κ1) is 14.1. The SMILES string of the molecule is CC(C)(C)OC(=O)N1CCCC2(C1)C(=O)NCC2O. The summed E-state index contributed by atoms with van der Waals surface area (Å²) in [5, 5.41) is 12.7. The molecule has 19 heavy (non-hydrogen) atoms. The van der Waals surface area contributed by atoms with E-state index in [1.807, 2.05) is 20.8 Å². The number of rotatable bonds is 0. The van der Waals surface area contributed by atoms with Crippen molar-refractivity contribution < 1.29 is 19.4 Å². The Morgan fingerprint density at radius 1 is 1.53 bits per heavy atom. The van der Waals surface area contributed by atoms with E-state index in [-0.39, 0.29) is 19.0 Å². The van der Waals surface area contributed by atoms with Gasteiger partial charge in [-0.2, -0.15) is 0 Å². The van der Waals surface area contributed by atoms with Crippen LogP contribution in [0, 0.1) is 5.41 Å². The molecule has 1 spiro atoms. The molecule has 0 saturated carbocycles. The van der Waals surface area contributed by atoms with Crippen LogP contribution in [0.4, 0.5) is 4.79 Å². The highest BCUT2D eigenvalue weighted by atomic mass is 16.6. The zero-order valence-electron chi connectivity index (χ0n) is 11.7. The van der Waals surface area contributed by atoms with Gasteiger partial charge in [-0.15, -0.1) is 0 Å². The van der Waals surface area contributed by atoms with E-state index in [1.165, 1.54) is 4.90 Å². The molecule has 0 aliphatic carbocycles. The molecule has 2 aliphatic heterocycles. The quantitative estimate of drug-likeness (QED) is 0.671. The minimum absolute atomic E-state index is 0.159. The normalized spacial score (nSPS) is 31.5. The number of nitrogens with one attached hydrogen (secondary N) is 1. The fraction of sp³-hybridized carbons (Fsp3) is 0.846. The summed E-state index contributed by atoms with van der Waals surface area (Å²) in [5.74, 6) is -0.159. The Kier molecular flexibility index (Phi) is 3.47. The first-order chi connectivity index (χ1) is 8.74. The van der Waals surface area contributed by atoms with Crippen molar-refractivity contribution >= 4 is 12.0 Å². The predicted molar refractivity (Wildman–Crippen MR) is 68.5 cm³/mol. The second kappa shape index (κ2) is 4.67. The van der Waals surface area contributed by atoms with Gasteiger partial charge in [-0.3, -0.25) is 4.79 Å². The van der Waals surface area contributed by atoms with Crippen molar-refractivity contribution in [1.82, 2.24) is 10.2 Å². The number of hydrogen-bond acceptors (Lipinski definition) is 4. The van der Waals surface area contributed by atoms with E-state index in [2.05, 4.69) is 5.32 Å². The van der Waals surface area contributed by atoms with E-state index in [9.17, 15) is 14.7 Å². The van der Waals surface area contributed by atoms with Gasteiger partial charge >= 0.3 is 6.09 Å². The summed E-state index contributed by atoms with van der Waals surface area (Å²) in [6.45, 7) is 6.48. The van der Waals surface area contributed by atoms with Crippen molar-refractivity contribution in [3.05, 3.63) is 0 Å². The summed E-state index contributed by atoms with van der Waals surface area (Å²) in [7, 11) is 0. The third-order valence-electron chi connectivity index (χ3n) is 3.72. The lowest BCUT2D eigenvalue weighted by atomic mass is 9.77. The Bertz CT molecular complexity index is 391. The fourth-order valence-corrected chi connectivity index (χ4v) is 2.74. The zero-order valence-corrected chi connectivity index (χ0v) is 11.7. The molecule has 0 bridgehead atoms. The first-order valence-electron chi connectivity index (χ1n) is 6.69. The minimum atomic E-state index is -0.852. The van der Waals surface area contributed by atoms with Crippen molar-refractivity contribution in [2.75, 3.05) is 19.6 Å². The minimum Gasteiger partial charge on any atom is -0.444 e. The number of piperidine rings is 1. The van der Waals surface area contributed by atoms with Gasteiger partial charge in [0.25, 0.3) is 0 Å². The lowest BCUT2D eigenvalue weighted by Crippen LogP contribution is -2.54. The smallest absolute Gasteiger partial charge is 0.410 e.